The monoisotopic (exact) mass is 257 g/mol. The van der Waals surface area contributed by atoms with Crippen LogP contribution < -0.4 is 0 Å². The Hall–Kier alpha value is -0.450. The molecule has 0 saturated carbocycles. The van der Waals surface area contributed by atoms with E-state index in [2.05, 4.69) is 26.4 Å². The van der Waals surface area contributed by atoms with Crippen molar-refractivity contribution in [2.24, 2.45) is 0 Å². The maximum absolute atomic E-state index is 5.07. The van der Waals surface area contributed by atoms with Gasteiger partial charge in [-0.3, -0.25) is 0 Å². The first kappa shape index (κ1) is 9.12. The average molecular weight is 258 g/mol. The Labute approximate surface area is 88.8 Å². The minimum atomic E-state index is 0.572. The summed E-state index contributed by atoms with van der Waals surface area (Å²) >= 11 is 5.02. The van der Waals surface area contributed by atoms with E-state index in [1.807, 2.05) is 12.1 Å². The second-order valence-electron chi connectivity index (χ2n) is 2.68. The van der Waals surface area contributed by atoms with E-state index in [1.165, 1.54) is 21.6 Å². The minimum absolute atomic E-state index is 0.572. The Kier molecular flexibility index (Phi) is 2.62. The highest BCUT2D eigenvalue weighted by Gasteiger charge is 2.07. The van der Waals surface area contributed by atoms with E-state index < -0.39 is 0 Å². The van der Waals surface area contributed by atoms with Crippen molar-refractivity contribution in [3.05, 3.63) is 28.4 Å². The summed E-state index contributed by atoms with van der Waals surface area (Å²) in [5, 5.41) is 1.18. The number of benzene rings is 1. The molecule has 0 aliphatic rings. The van der Waals surface area contributed by atoms with E-state index in [9.17, 15) is 0 Å². The van der Waals surface area contributed by atoms with Gasteiger partial charge in [0.15, 0.2) is 0 Å². The van der Waals surface area contributed by atoms with Crippen molar-refractivity contribution in [1.29, 1.82) is 0 Å². The second-order valence-corrected chi connectivity index (χ2v) is 4.33. The molecule has 2 rings (SSSR count). The molecule has 1 aromatic heterocycles. The molecule has 2 nitrogen and oxygen atoms in total. The van der Waals surface area contributed by atoms with Crippen molar-refractivity contribution < 1.29 is 4.74 Å². The average Bonchev–Trinajstić information content (AvgIpc) is 2.51. The summed E-state index contributed by atoms with van der Waals surface area (Å²) in [6.45, 7) is 0.572. The van der Waals surface area contributed by atoms with Crippen LogP contribution in [0.4, 0.5) is 0 Å². The Morgan fingerprint density at radius 3 is 3.15 bits per heavy atom. The molecular weight excluding hydrogens is 250 g/mol. The number of rotatable bonds is 2. The van der Waals surface area contributed by atoms with E-state index in [4.69, 9.17) is 4.74 Å². The fourth-order valence-corrected chi connectivity index (χ4v) is 2.78. The quantitative estimate of drug-likeness (QED) is 0.825. The van der Waals surface area contributed by atoms with Gasteiger partial charge < -0.3 is 4.74 Å². The van der Waals surface area contributed by atoms with Crippen molar-refractivity contribution in [3.8, 4) is 0 Å². The Morgan fingerprint density at radius 1 is 1.54 bits per heavy atom. The molecular formula is C9H8BrNOS. The van der Waals surface area contributed by atoms with E-state index in [0.29, 0.717) is 6.61 Å². The van der Waals surface area contributed by atoms with Crippen LogP contribution in [0.3, 0.4) is 0 Å². The molecule has 0 saturated heterocycles. The topological polar surface area (TPSA) is 22.1 Å². The fourth-order valence-electron chi connectivity index (χ4n) is 1.25. The van der Waals surface area contributed by atoms with E-state index in [1.54, 1.807) is 7.11 Å². The van der Waals surface area contributed by atoms with Crippen molar-refractivity contribution in [1.82, 2.24) is 4.37 Å². The molecule has 0 N–H and O–H groups in total. The summed E-state index contributed by atoms with van der Waals surface area (Å²) in [6, 6.07) is 6.11. The highest BCUT2D eigenvalue weighted by Crippen LogP contribution is 2.29. The summed E-state index contributed by atoms with van der Waals surface area (Å²) in [5.74, 6) is 0. The van der Waals surface area contributed by atoms with Crippen LogP contribution in [0.25, 0.3) is 10.1 Å². The number of nitrogens with zero attached hydrogens (tertiary/aromatic N) is 1. The lowest BCUT2D eigenvalue weighted by Crippen LogP contribution is -1.87. The smallest absolute Gasteiger partial charge is 0.0901 e. The predicted octanol–water partition coefficient (Wildman–Crippen LogP) is 3.21. The molecule has 2 aromatic rings. The largest absolute Gasteiger partial charge is 0.378 e. The van der Waals surface area contributed by atoms with Gasteiger partial charge in [0.25, 0.3) is 0 Å². The predicted molar refractivity (Wildman–Crippen MR) is 58.0 cm³/mol. The third kappa shape index (κ3) is 1.61. The molecule has 0 atom stereocenters. The highest BCUT2D eigenvalue weighted by atomic mass is 79.9. The maximum atomic E-state index is 5.07. The summed E-state index contributed by atoms with van der Waals surface area (Å²) < 4.78 is 11.7. The number of ether oxygens (including phenoxy) is 1. The van der Waals surface area contributed by atoms with Crippen molar-refractivity contribution in [2.45, 2.75) is 6.61 Å². The van der Waals surface area contributed by atoms with Gasteiger partial charge in [-0.1, -0.05) is 22.0 Å². The molecule has 0 fully saturated rings. The first-order valence-electron chi connectivity index (χ1n) is 3.84. The minimum Gasteiger partial charge on any atom is -0.378 e. The van der Waals surface area contributed by atoms with Gasteiger partial charge in [-0.25, -0.2) is 0 Å². The molecule has 1 aromatic carbocycles. The van der Waals surface area contributed by atoms with Crippen LogP contribution in [0.1, 0.15) is 5.69 Å². The zero-order valence-corrected chi connectivity index (χ0v) is 9.48. The summed E-state index contributed by atoms with van der Waals surface area (Å²) in [4.78, 5) is 0. The Morgan fingerprint density at radius 2 is 2.38 bits per heavy atom. The van der Waals surface area contributed by atoms with Crippen LogP contribution in [0, 0.1) is 0 Å². The molecule has 0 spiro atoms. The van der Waals surface area contributed by atoms with Gasteiger partial charge in [-0.15, -0.1) is 0 Å². The molecule has 0 aliphatic heterocycles. The van der Waals surface area contributed by atoms with Gasteiger partial charge in [0.2, 0.25) is 0 Å². The van der Waals surface area contributed by atoms with Crippen molar-refractivity contribution in [2.75, 3.05) is 7.11 Å². The summed E-state index contributed by atoms with van der Waals surface area (Å²) in [7, 11) is 1.68. The Balaban J connectivity index is 2.64. The lowest BCUT2D eigenvalue weighted by Gasteiger charge is -1.97. The SMILES string of the molecule is COCc1nsc2cccc(Br)c12. The van der Waals surface area contributed by atoms with Gasteiger partial charge in [0, 0.05) is 17.0 Å². The van der Waals surface area contributed by atoms with Gasteiger partial charge in [-0.2, -0.15) is 4.37 Å². The standard InChI is InChI=1S/C9H8BrNOS/c1-12-5-7-9-6(10)3-2-4-8(9)13-11-7/h2-4H,5H2,1H3. The summed E-state index contributed by atoms with van der Waals surface area (Å²) in [6.07, 6.45) is 0. The number of halogens is 1. The van der Waals surface area contributed by atoms with Crippen LogP contribution in [0.5, 0.6) is 0 Å². The lowest BCUT2D eigenvalue weighted by molar-refractivity contribution is 0.183. The molecule has 0 bridgehead atoms. The number of aromatic nitrogens is 1. The van der Waals surface area contributed by atoms with E-state index in [-0.39, 0.29) is 0 Å². The zero-order valence-electron chi connectivity index (χ0n) is 7.08. The van der Waals surface area contributed by atoms with Gasteiger partial charge in [0.1, 0.15) is 0 Å². The van der Waals surface area contributed by atoms with Gasteiger partial charge in [-0.05, 0) is 23.7 Å². The zero-order chi connectivity index (χ0) is 9.26. The first-order valence-corrected chi connectivity index (χ1v) is 5.41. The highest BCUT2D eigenvalue weighted by molar-refractivity contribution is 9.10. The number of fused-ring (bicyclic) bond motifs is 1. The molecule has 13 heavy (non-hydrogen) atoms. The molecule has 0 unspecified atom stereocenters. The van der Waals surface area contributed by atoms with Gasteiger partial charge >= 0.3 is 0 Å². The fraction of sp³-hybridized carbons (Fsp3) is 0.222. The van der Waals surface area contributed by atoms with E-state index >= 15 is 0 Å². The van der Waals surface area contributed by atoms with Crippen molar-refractivity contribution in [3.63, 3.8) is 0 Å². The molecule has 0 radical (unpaired) electrons. The number of methoxy groups -OCH3 is 1. The number of hydrogen-bond donors (Lipinski definition) is 0. The van der Waals surface area contributed by atoms with Crippen LogP contribution in [0.2, 0.25) is 0 Å². The normalized spacial score (nSPS) is 10.9. The Bertz CT molecular complexity index is 426. The summed E-state index contributed by atoms with van der Waals surface area (Å²) in [5.41, 5.74) is 1.01. The van der Waals surface area contributed by atoms with E-state index in [0.717, 1.165) is 10.2 Å². The number of hydrogen-bond acceptors (Lipinski definition) is 3. The maximum Gasteiger partial charge on any atom is 0.0901 e. The first-order chi connectivity index (χ1) is 6.33. The molecule has 4 heteroatoms. The lowest BCUT2D eigenvalue weighted by atomic mass is 10.2. The van der Waals surface area contributed by atoms with Crippen molar-refractivity contribution >= 4 is 37.5 Å². The second kappa shape index (κ2) is 3.74. The molecule has 1 heterocycles. The third-order valence-corrected chi connectivity index (χ3v) is 3.31. The van der Waals surface area contributed by atoms with Gasteiger partial charge in [0.05, 0.1) is 17.0 Å². The van der Waals surface area contributed by atoms with Crippen LogP contribution in [-0.4, -0.2) is 11.5 Å². The molecule has 68 valence electrons. The third-order valence-electron chi connectivity index (χ3n) is 1.80. The molecule has 0 aliphatic carbocycles. The van der Waals surface area contributed by atoms with Crippen LogP contribution in [-0.2, 0) is 11.3 Å². The van der Waals surface area contributed by atoms with Crippen LogP contribution >= 0.6 is 27.5 Å². The molecule has 0 amide bonds. The van der Waals surface area contributed by atoms with Crippen LogP contribution in [0.15, 0.2) is 22.7 Å².